The third-order valence-corrected chi connectivity index (χ3v) is 4.09. The summed E-state index contributed by atoms with van der Waals surface area (Å²) in [5, 5.41) is 6.44. The van der Waals surface area contributed by atoms with E-state index in [9.17, 15) is 4.79 Å². The minimum Gasteiger partial charge on any atom is -0.385 e. The second-order valence-electron chi connectivity index (χ2n) is 5.58. The van der Waals surface area contributed by atoms with Crippen LogP contribution in [0.2, 0.25) is 0 Å². The van der Waals surface area contributed by atoms with Gasteiger partial charge in [0.25, 0.3) is 0 Å². The van der Waals surface area contributed by atoms with Crippen molar-refractivity contribution in [3.05, 3.63) is 23.8 Å². The second-order valence-corrected chi connectivity index (χ2v) is 5.58. The van der Waals surface area contributed by atoms with Gasteiger partial charge in [-0.15, -0.1) is 0 Å². The first kappa shape index (κ1) is 13.4. The van der Waals surface area contributed by atoms with Gasteiger partial charge in [0.2, 0.25) is 5.91 Å². The topological polar surface area (TPSA) is 50.4 Å². The summed E-state index contributed by atoms with van der Waals surface area (Å²) >= 11 is 0. The molecule has 2 aliphatic rings. The van der Waals surface area contributed by atoms with E-state index in [-0.39, 0.29) is 12.0 Å². The molecule has 4 heteroatoms. The highest BCUT2D eigenvalue weighted by Gasteiger charge is 2.18. The molecular formula is C16H22N2O2. The molecule has 1 aromatic carbocycles. The summed E-state index contributed by atoms with van der Waals surface area (Å²) in [5.41, 5.74) is 3.37. The molecule has 0 aromatic heterocycles. The fourth-order valence-corrected chi connectivity index (χ4v) is 3.00. The van der Waals surface area contributed by atoms with Crippen LogP contribution in [0.1, 0.15) is 37.7 Å². The molecule has 2 heterocycles. The van der Waals surface area contributed by atoms with E-state index in [1.807, 2.05) is 12.1 Å². The number of ether oxygens (including phenoxy) is 1. The van der Waals surface area contributed by atoms with Crippen molar-refractivity contribution in [2.75, 3.05) is 23.8 Å². The molecule has 2 aliphatic heterocycles. The normalized spacial score (nSPS) is 21.1. The molecule has 108 valence electrons. The van der Waals surface area contributed by atoms with Gasteiger partial charge in [-0.1, -0.05) is 6.07 Å². The number of benzene rings is 1. The molecule has 1 amide bonds. The van der Waals surface area contributed by atoms with Gasteiger partial charge in [-0.25, -0.2) is 0 Å². The number of rotatable bonds is 4. The summed E-state index contributed by atoms with van der Waals surface area (Å²) in [7, 11) is 0. The first-order valence-corrected chi connectivity index (χ1v) is 7.60. The van der Waals surface area contributed by atoms with E-state index >= 15 is 0 Å². The molecule has 20 heavy (non-hydrogen) atoms. The maximum atomic E-state index is 12.1. The Morgan fingerprint density at radius 1 is 1.40 bits per heavy atom. The number of anilines is 2. The zero-order valence-electron chi connectivity index (χ0n) is 11.8. The van der Waals surface area contributed by atoms with Crippen molar-refractivity contribution in [1.29, 1.82) is 0 Å². The van der Waals surface area contributed by atoms with E-state index in [0.29, 0.717) is 6.42 Å². The highest BCUT2D eigenvalue weighted by molar-refractivity contribution is 5.92. The minimum atomic E-state index is 0.0967. The van der Waals surface area contributed by atoms with Crippen LogP contribution in [0.4, 0.5) is 11.4 Å². The van der Waals surface area contributed by atoms with E-state index < -0.39 is 0 Å². The fraction of sp³-hybridized carbons (Fsp3) is 0.562. The molecule has 1 saturated heterocycles. The van der Waals surface area contributed by atoms with Gasteiger partial charge in [0.1, 0.15) is 0 Å². The molecule has 1 atom stereocenters. The Kier molecular flexibility index (Phi) is 4.21. The minimum absolute atomic E-state index is 0.0967. The molecule has 0 bridgehead atoms. The summed E-state index contributed by atoms with van der Waals surface area (Å²) in [4.78, 5) is 12.1. The Labute approximate surface area is 119 Å². The molecule has 1 aromatic rings. The van der Waals surface area contributed by atoms with Crippen molar-refractivity contribution in [2.45, 2.75) is 44.6 Å². The van der Waals surface area contributed by atoms with Crippen LogP contribution < -0.4 is 10.6 Å². The summed E-state index contributed by atoms with van der Waals surface area (Å²) in [5.74, 6) is 0.0967. The molecule has 0 saturated carbocycles. The smallest absolute Gasteiger partial charge is 0.224 e. The predicted octanol–water partition coefficient (Wildman–Crippen LogP) is 2.94. The lowest BCUT2D eigenvalue weighted by atomic mass is 10.0. The number of hydrogen-bond donors (Lipinski definition) is 2. The quantitative estimate of drug-likeness (QED) is 0.887. The van der Waals surface area contributed by atoms with Gasteiger partial charge in [-0.2, -0.15) is 0 Å². The number of carbonyl (C=O) groups excluding carboxylic acids is 1. The number of fused-ring (bicyclic) bond motifs is 1. The van der Waals surface area contributed by atoms with Crippen LogP contribution in [0, 0.1) is 0 Å². The zero-order valence-corrected chi connectivity index (χ0v) is 11.8. The van der Waals surface area contributed by atoms with Crippen molar-refractivity contribution in [1.82, 2.24) is 0 Å². The van der Waals surface area contributed by atoms with E-state index in [2.05, 4.69) is 16.7 Å². The zero-order chi connectivity index (χ0) is 13.8. The Morgan fingerprint density at radius 2 is 2.35 bits per heavy atom. The van der Waals surface area contributed by atoms with Crippen LogP contribution in [0.25, 0.3) is 0 Å². The van der Waals surface area contributed by atoms with Crippen LogP contribution >= 0.6 is 0 Å². The molecule has 3 rings (SSSR count). The number of carbonyl (C=O) groups is 1. The molecule has 0 radical (unpaired) electrons. The highest BCUT2D eigenvalue weighted by atomic mass is 16.5. The average molecular weight is 274 g/mol. The van der Waals surface area contributed by atoms with Crippen LogP contribution in [0.5, 0.6) is 0 Å². The van der Waals surface area contributed by atoms with E-state index in [1.54, 1.807) is 0 Å². The average Bonchev–Trinajstić information content (AvgIpc) is 2.99. The Morgan fingerprint density at radius 3 is 3.20 bits per heavy atom. The Hall–Kier alpha value is -1.55. The summed E-state index contributed by atoms with van der Waals surface area (Å²) in [6.45, 7) is 1.87. The van der Waals surface area contributed by atoms with E-state index in [4.69, 9.17) is 4.74 Å². The molecule has 4 nitrogen and oxygen atoms in total. The molecule has 2 N–H and O–H groups in total. The summed E-state index contributed by atoms with van der Waals surface area (Å²) in [6.07, 6.45) is 6.04. The SMILES string of the molecule is O=C(CCC1CCCO1)Nc1cccc2c1CCCN2. The van der Waals surface area contributed by atoms with Gasteiger partial charge in [0, 0.05) is 30.9 Å². The third-order valence-electron chi connectivity index (χ3n) is 4.09. The highest BCUT2D eigenvalue weighted by Crippen LogP contribution is 2.29. The Balaban J connectivity index is 1.58. The van der Waals surface area contributed by atoms with Gasteiger partial charge in [-0.05, 0) is 49.8 Å². The summed E-state index contributed by atoms with van der Waals surface area (Å²) < 4.78 is 5.55. The monoisotopic (exact) mass is 274 g/mol. The van der Waals surface area contributed by atoms with Crippen molar-refractivity contribution in [3.63, 3.8) is 0 Å². The molecule has 1 fully saturated rings. The van der Waals surface area contributed by atoms with Gasteiger partial charge >= 0.3 is 0 Å². The molecular weight excluding hydrogens is 252 g/mol. The first-order valence-electron chi connectivity index (χ1n) is 7.60. The maximum absolute atomic E-state index is 12.1. The predicted molar refractivity (Wildman–Crippen MR) is 80.1 cm³/mol. The van der Waals surface area contributed by atoms with Crippen molar-refractivity contribution in [3.8, 4) is 0 Å². The summed E-state index contributed by atoms with van der Waals surface area (Å²) in [6, 6.07) is 6.07. The van der Waals surface area contributed by atoms with Crippen molar-refractivity contribution < 1.29 is 9.53 Å². The standard InChI is InChI=1S/C16H22N2O2/c19-16(9-8-12-4-3-11-20-12)18-15-7-1-6-14-13(15)5-2-10-17-14/h1,6-7,12,17H,2-5,8-11H2,(H,18,19). The molecule has 1 unspecified atom stereocenters. The fourth-order valence-electron chi connectivity index (χ4n) is 3.00. The van der Waals surface area contributed by atoms with Crippen molar-refractivity contribution >= 4 is 17.3 Å². The van der Waals surface area contributed by atoms with Crippen LogP contribution in [0.15, 0.2) is 18.2 Å². The first-order chi connectivity index (χ1) is 9.83. The van der Waals surface area contributed by atoms with Gasteiger partial charge < -0.3 is 15.4 Å². The van der Waals surface area contributed by atoms with Crippen LogP contribution in [0.3, 0.4) is 0 Å². The van der Waals surface area contributed by atoms with Crippen molar-refractivity contribution in [2.24, 2.45) is 0 Å². The largest absolute Gasteiger partial charge is 0.385 e. The maximum Gasteiger partial charge on any atom is 0.224 e. The van der Waals surface area contributed by atoms with Gasteiger partial charge in [0.05, 0.1) is 6.10 Å². The third kappa shape index (κ3) is 3.12. The van der Waals surface area contributed by atoms with Crippen LogP contribution in [-0.4, -0.2) is 25.2 Å². The second kappa shape index (κ2) is 6.27. The number of amides is 1. The Bertz CT molecular complexity index is 481. The lowest BCUT2D eigenvalue weighted by Crippen LogP contribution is -2.18. The number of hydrogen-bond acceptors (Lipinski definition) is 3. The lowest BCUT2D eigenvalue weighted by molar-refractivity contribution is -0.116. The van der Waals surface area contributed by atoms with Crippen LogP contribution in [-0.2, 0) is 16.0 Å². The molecule has 0 spiro atoms. The molecule has 0 aliphatic carbocycles. The number of nitrogens with one attached hydrogen (secondary N) is 2. The van der Waals surface area contributed by atoms with E-state index in [0.717, 1.165) is 56.6 Å². The van der Waals surface area contributed by atoms with Gasteiger partial charge in [-0.3, -0.25) is 4.79 Å². The van der Waals surface area contributed by atoms with E-state index in [1.165, 1.54) is 5.56 Å². The van der Waals surface area contributed by atoms with Gasteiger partial charge in [0.15, 0.2) is 0 Å². The lowest BCUT2D eigenvalue weighted by Gasteiger charge is -2.21.